The predicted molar refractivity (Wildman–Crippen MR) is 86.7 cm³/mol. The summed E-state index contributed by atoms with van der Waals surface area (Å²) in [5.74, 6) is -1.32. The lowest BCUT2D eigenvalue weighted by Crippen LogP contribution is -2.49. The van der Waals surface area contributed by atoms with Gasteiger partial charge >= 0.3 is 6.03 Å². The van der Waals surface area contributed by atoms with Crippen LogP contribution in [-0.2, 0) is 16.9 Å². The highest BCUT2D eigenvalue weighted by Crippen LogP contribution is 2.30. The molecule has 0 aliphatic carbocycles. The van der Waals surface area contributed by atoms with Crippen molar-refractivity contribution in [2.45, 2.75) is 19.0 Å². The maximum atomic E-state index is 14.1. The molecule has 0 bridgehead atoms. The number of ether oxygens (including phenoxy) is 1. The zero-order valence-electron chi connectivity index (χ0n) is 13.6. The van der Waals surface area contributed by atoms with E-state index in [-0.39, 0.29) is 23.4 Å². The van der Waals surface area contributed by atoms with Crippen molar-refractivity contribution in [3.8, 4) is 5.75 Å². The fraction of sp³-hybridized carbons (Fsp3) is 0.235. The van der Waals surface area contributed by atoms with Gasteiger partial charge in [0.1, 0.15) is 0 Å². The summed E-state index contributed by atoms with van der Waals surface area (Å²) >= 11 is 0. The first kappa shape index (κ1) is 16.7. The first-order valence-corrected chi connectivity index (χ1v) is 7.51. The number of nitrogens with one attached hydrogen (secondary N) is 2. The van der Waals surface area contributed by atoms with Gasteiger partial charge in [0.2, 0.25) is 0 Å². The summed E-state index contributed by atoms with van der Waals surface area (Å²) in [7, 11) is 1.32. The second-order valence-corrected chi connectivity index (χ2v) is 5.79. The Morgan fingerprint density at radius 1 is 1.24 bits per heavy atom. The topological polar surface area (TPSA) is 89.4 Å². The molecule has 7 nitrogen and oxygen atoms in total. The van der Waals surface area contributed by atoms with Gasteiger partial charge in [0.05, 0.1) is 13.7 Å². The molecule has 8 heteroatoms. The summed E-state index contributed by atoms with van der Waals surface area (Å²) in [6.45, 7) is 1.47. The van der Waals surface area contributed by atoms with E-state index in [1.165, 1.54) is 30.0 Å². The minimum absolute atomic E-state index is 0.0105. The molecule has 1 aromatic heterocycles. The molecule has 3 amide bonds. The summed E-state index contributed by atoms with van der Waals surface area (Å²) in [5.41, 5.74) is -1.20. The van der Waals surface area contributed by atoms with Crippen LogP contribution in [0.25, 0.3) is 0 Å². The molecule has 1 unspecified atom stereocenters. The summed E-state index contributed by atoms with van der Waals surface area (Å²) in [4.78, 5) is 36.6. The number of hydrogen-bond donors (Lipinski definition) is 2. The SMILES string of the molecule is COc1ccc(C2(Cn3cccc(C)c3=O)NC(=O)NC2=O)cc1F. The van der Waals surface area contributed by atoms with E-state index in [1.54, 1.807) is 19.1 Å². The van der Waals surface area contributed by atoms with E-state index in [0.717, 1.165) is 6.07 Å². The van der Waals surface area contributed by atoms with Crippen LogP contribution in [-0.4, -0.2) is 23.6 Å². The standard InChI is InChI=1S/C17H16FN3O4/c1-10-4-3-7-21(14(10)22)9-17(15(23)19-16(24)20-17)11-5-6-13(25-2)12(18)8-11/h3-8H,9H2,1-2H3,(H2,19,20,23,24). The molecule has 1 fully saturated rings. The van der Waals surface area contributed by atoms with Crippen LogP contribution in [0.5, 0.6) is 5.75 Å². The summed E-state index contributed by atoms with van der Waals surface area (Å²) < 4.78 is 20.3. The van der Waals surface area contributed by atoms with Crippen LogP contribution in [0.15, 0.2) is 41.3 Å². The molecule has 2 heterocycles. The van der Waals surface area contributed by atoms with Crippen molar-refractivity contribution in [1.29, 1.82) is 0 Å². The molecule has 0 saturated carbocycles. The minimum Gasteiger partial charge on any atom is -0.494 e. The summed E-state index contributed by atoms with van der Waals surface area (Å²) in [5, 5.41) is 4.68. The quantitative estimate of drug-likeness (QED) is 0.811. The van der Waals surface area contributed by atoms with E-state index in [9.17, 15) is 18.8 Å². The van der Waals surface area contributed by atoms with Crippen LogP contribution in [0, 0.1) is 12.7 Å². The van der Waals surface area contributed by atoms with E-state index in [4.69, 9.17) is 4.74 Å². The molecule has 25 heavy (non-hydrogen) atoms. The molecule has 1 aliphatic heterocycles. The van der Waals surface area contributed by atoms with Gasteiger partial charge in [-0.3, -0.25) is 14.9 Å². The Labute approximate surface area is 142 Å². The monoisotopic (exact) mass is 345 g/mol. The summed E-state index contributed by atoms with van der Waals surface area (Å²) in [6, 6.07) is 6.56. The number of carbonyl (C=O) groups is 2. The van der Waals surface area contributed by atoms with Gasteiger partial charge in [-0.2, -0.15) is 0 Å². The first-order chi connectivity index (χ1) is 11.9. The van der Waals surface area contributed by atoms with Crippen LogP contribution in [0.3, 0.4) is 0 Å². The average Bonchev–Trinajstić information content (AvgIpc) is 2.86. The number of aromatic nitrogens is 1. The highest BCUT2D eigenvalue weighted by molar-refractivity contribution is 6.07. The third-order valence-corrected chi connectivity index (χ3v) is 4.20. The van der Waals surface area contributed by atoms with Crippen LogP contribution < -0.4 is 20.9 Å². The second-order valence-electron chi connectivity index (χ2n) is 5.79. The van der Waals surface area contributed by atoms with Crippen LogP contribution >= 0.6 is 0 Å². The van der Waals surface area contributed by atoms with Crippen LogP contribution in [0.2, 0.25) is 0 Å². The number of imide groups is 1. The number of hydrogen-bond acceptors (Lipinski definition) is 4. The number of nitrogens with zero attached hydrogens (tertiary/aromatic N) is 1. The molecule has 0 radical (unpaired) electrons. The molecular formula is C17H16FN3O4. The van der Waals surface area contributed by atoms with E-state index in [2.05, 4.69) is 10.6 Å². The Morgan fingerprint density at radius 3 is 2.60 bits per heavy atom. The van der Waals surface area contributed by atoms with Gasteiger partial charge in [0.25, 0.3) is 11.5 Å². The van der Waals surface area contributed by atoms with Crippen molar-refractivity contribution in [1.82, 2.24) is 15.2 Å². The predicted octanol–water partition coefficient (Wildman–Crippen LogP) is 1.04. The molecule has 1 saturated heterocycles. The Kier molecular flexibility index (Phi) is 4.03. The molecule has 1 aliphatic rings. The maximum absolute atomic E-state index is 14.1. The molecule has 2 aromatic rings. The number of methoxy groups -OCH3 is 1. The Morgan fingerprint density at radius 2 is 2.00 bits per heavy atom. The molecule has 1 atom stereocenters. The first-order valence-electron chi connectivity index (χ1n) is 7.51. The lowest BCUT2D eigenvalue weighted by Gasteiger charge is -2.27. The van der Waals surface area contributed by atoms with E-state index >= 15 is 0 Å². The fourth-order valence-electron chi connectivity index (χ4n) is 2.87. The number of benzene rings is 1. The fourth-order valence-corrected chi connectivity index (χ4v) is 2.87. The third kappa shape index (κ3) is 2.75. The number of amides is 3. The number of aryl methyl sites for hydroxylation is 1. The van der Waals surface area contributed by atoms with E-state index in [0.29, 0.717) is 5.56 Å². The maximum Gasteiger partial charge on any atom is 0.322 e. The van der Waals surface area contributed by atoms with Gasteiger partial charge in [-0.05, 0) is 30.7 Å². The minimum atomic E-state index is -1.60. The normalized spacial score (nSPS) is 19.5. The smallest absolute Gasteiger partial charge is 0.322 e. The molecule has 3 rings (SSSR count). The Hall–Kier alpha value is -3.16. The van der Waals surface area contributed by atoms with Crippen molar-refractivity contribution in [2.24, 2.45) is 0 Å². The lowest BCUT2D eigenvalue weighted by molar-refractivity contribution is -0.124. The average molecular weight is 345 g/mol. The van der Waals surface area contributed by atoms with Crippen LogP contribution in [0.4, 0.5) is 9.18 Å². The third-order valence-electron chi connectivity index (χ3n) is 4.20. The molecule has 0 spiro atoms. The van der Waals surface area contributed by atoms with Gasteiger partial charge in [-0.1, -0.05) is 12.1 Å². The number of rotatable bonds is 4. The number of pyridine rings is 1. The number of carbonyl (C=O) groups excluding carboxylic acids is 2. The van der Waals surface area contributed by atoms with Crippen molar-refractivity contribution in [3.63, 3.8) is 0 Å². The van der Waals surface area contributed by atoms with Gasteiger partial charge in [0.15, 0.2) is 17.1 Å². The summed E-state index contributed by atoms with van der Waals surface area (Å²) in [6.07, 6.45) is 1.51. The second kappa shape index (κ2) is 6.04. The zero-order chi connectivity index (χ0) is 18.2. The largest absolute Gasteiger partial charge is 0.494 e. The number of halogens is 1. The van der Waals surface area contributed by atoms with E-state index in [1.807, 2.05) is 0 Å². The van der Waals surface area contributed by atoms with Gasteiger partial charge in [0, 0.05) is 11.8 Å². The van der Waals surface area contributed by atoms with Gasteiger partial charge in [-0.25, -0.2) is 9.18 Å². The van der Waals surface area contributed by atoms with Crippen molar-refractivity contribution < 1.29 is 18.7 Å². The number of urea groups is 1. The highest BCUT2D eigenvalue weighted by Gasteiger charge is 2.48. The van der Waals surface area contributed by atoms with Gasteiger partial charge in [-0.15, -0.1) is 0 Å². The van der Waals surface area contributed by atoms with Crippen molar-refractivity contribution >= 4 is 11.9 Å². The van der Waals surface area contributed by atoms with Crippen molar-refractivity contribution in [2.75, 3.05) is 7.11 Å². The highest BCUT2D eigenvalue weighted by atomic mass is 19.1. The zero-order valence-corrected chi connectivity index (χ0v) is 13.6. The molecule has 1 aromatic carbocycles. The van der Waals surface area contributed by atoms with Gasteiger partial charge < -0.3 is 14.6 Å². The van der Waals surface area contributed by atoms with Crippen molar-refractivity contribution in [3.05, 3.63) is 63.8 Å². The molecular weight excluding hydrogens is 329 g/mol. The molecule has 130 valence electrons. The Balaban J connectivity index is 2.13. The van der Waals surface area contributed by atoms with E-state index < -0.39 is 23.3 Å². The Bertz CT molecular complexity index is 924. The molecule has 2 N–H and O–H groups in total. The van der Waals surface area contributed by atoms with Crippen LogP contribution in [0.1, 0.15) is 11.1 Å². The lowest BCUT2D eigenvalue weighted by atomic mass is 9.89.